The highest BCUT2D eigenvalue weighted by atomic mass is 35.5. The highest BCUT2D eigenvalue weighted by Gasteiger charge is 2.11. The fourth-order valence-electron chi connectivity index (χ4n) is 2.26. The molecule has 30 heavy (non-hydrogen) atoms. The minimum atomic E-state index is -0.902. The monoisotopic (exact) mass is 440 g/mol. The van der Waals surface area contributed by atoms with Crippen molar-refractivity contribution in [1.29, 1.82) is 0 Å². The first-order valence-corrected chi connectivity index (χ1v) is 9.63. The first-order chi connectivity index (χ1) is 14.5. The molecule has 0 spiro atoms. The number of aliphatic hydroxyl groups is 1. The summed E-state index contributed by atoms with van der Waals surface area (Å²) in [6.07, 6.45) is 3.35. The van der Waals surface area contributed by atoms with Crippen molar-refractivity contribution < 1.29 is 28.6 Å². The van der Waals surface area contributed by atoms with Crippen LogP contribution in [0.15, 0.2) is 60.1 Å². The van der Waals surface area contributed by atoms with E-state index >= 15 is 0 Å². The molecule has 0 aromatic heterocycles. The van der Waals surface area contributed by atoms with E-state index in [1.54, 1.807) is 19.2 Å². The van der Waals surface area contributed by atoms with Gasteiger partial charge in [0.1, 0.15) is 11.5 Å². The van der Waals surface area contributed by atoms with Crippen LogP contribution in [0.4, 0.5) is 4.39 Å². The van der Waals surface area contributed by atoms with Gasteiger partial charge in [0.15, 0.2) is 6.61 Å². The van der Waals surface area contributed by atoms with Gasteiger partial charge in [0, 0.05) is 24.7 Å². The van der Waals surface area contributed by atoms with Crippen LogP contribution >= 0.6 is 11.6 Å². The third-order valence-electron chi connectivity index (χ3n) is 3.80. The maximum absolute atomic E-state index is 12.2. The third kappa shape index (κ3) is 11.2. The van der Waals surface area contributed by atoms with Crippen molar-refractivity contribution in [3.8, 4) is 5.75 Å². The number of halogens is 2. The molecule has 7 nitrogen and oxygen atoms in total. The summed E-state index contributed by atoms with van der Waals surface area (Å²) in [5, 5.41) is 15.2. The third-order valence-corrected chi connectivity index (χ3v) is 3.95. The highest BCUT2D eigenvalue weighted by Crippen LogP contribution is 2.11. The summed E-state index contributed by atoms with van der Waals surface area (Å²) < 4.78 is 22.5. The van der Waals surface area contributed by atoms with E-state index in [1.807, 2.05) is 12.1 Å². The van der Waals surface area contributed by atoms with E-state index in [4.69, 9.17) is 21.1 Å². The fraction of sp³-hybridized carbons (Fsp3) is 0.333. The topological polar surface area (TPSA) is 96.9 Å². The molecule has 1 rings (SSSR count). The van der Waals surface area contributed by atoms with Crippen LogP contribution in [0.2, 0.25) is 0 Å². The zero-order valence-electron chi connectivity index (χ0n) is 16.6. The SMILES string of the molecule is COc1ccc(CNC(=O)CC(O)CCNC(=O)COC(/C=C/F)=C/C=C/Cl)cc1. The molecule has 0 saturated carbocycles. The molecule has 1 aromatic rings. The standard InChI is InChI=1S/C21H26ClFN2O5/c1-29-18-6-4-16(5-7-18)14-25-20(27)13-17(26)9-12-24-21(28)15-30-19(8-11-23)3-2-10-22/h2-8,10-11,17,26H,9,12-15H2,1H3,(H,24,28)(H,25,27)/b10-2+,11-8+,19-3+. The largest absolute Gasteiger partial charge is 0.497 e. The Morgan fingerprint density at radius 1 is 1.23 bits per heavy atom. The predicted molar refractivity (Wildman–Crippen MR) is 112 cm³/mol. The molecule has 0 aliphatic heterocycles. The Morgan fingerprint density at radius 3 is 2.60 bits per heavy atom. The summed E-state index contributed by atoms with van der Waals surface area (Å²) in [4.78, 5) is 23.7. The molecule has 164 valence electrons. The van der Waals surface area contributed by atoms with Gasteiger partial charge in [0.05, 0.1) is 26.0 Å². The van der Waals surface area contributed by atoms with Crippen LogP contribution < -0.4 is 15.4 Å². The van der Waals surface area contributed by atoms with Crippen LogP contribution in [0.3, 0.4) is 0 Å². The first kappa shape index (κ1) is 25.2. The van der Waals surface area contributed by atoms with E-state index in [0.717, 1.165) is 17.4 Å². The van der Waals surface area contributed by atoms with Crippen molar-refractivity contribution in [2.75, 3.05) is 20.3 Å². The van der Waals surface area contributed by atoms with E-state index in [9.17, 15) is 19.1 Å². The summed E-state index contributed by atoms with van der Waals surface area (Å²) in [7, 11) is 1.58. The molecule has 2 amide bonds. The van der Waals surface area contributed by atoms with Gasteiger partial charge < -0.3 is 25.2 Å². The molecule has 0 saturated heterocycles. The van der Waals surface area contributed by atoms with Gasteiger partial charge in [-0.05, 0) is 36.3 Å². The lowest BCUT2D eigenvalue weighted by Gasteiger charge is -2.12. The Balaban J connectivity index is 2.24. The summed E-state index contributed by atoms with van der Waals surface area (Å²) in [5.74, 6) is 0.108. The summed E-state index contributed by atoms with van der Waals surface area (Å²) in [6, 6.07) is 7.26. The molecule has 9 heteroatoms. The van der Waals surface area contributed by atoms with Gasteiger partial charge in [-0.2, -0.15) is 0 Å². The summed E-state index contributed by atoms with van der Waals surface area (Å²) >= 11 is 5.37. The second-order valence-corrected chi connectivity index (χ2v) is 6.34. The Hall–Kier alpha value is -2.84. The minimum Gasteiger partial charge on any atom is -0.497 e. The molecule has 0 heterocycles. The van der Waals surface area contributed by atoms with E-state index in [-0.39, 0.29) is 44.0 Å². The van der Waals surface area contributed by atoms with Crippen LogP contribution in [-0.4, -0.2) is 43.3 Å². The first-order valence-electron chi connectivity index (χ1n) is 9.19. The minimum absolute atomic E-state index is 0.0819. The molecule has 0 fully saturated rings. The number of nitrogens with one attached hydrogen (secondary N) is 2. The quantitative estimate of drug-likeness (QED) is 0.324. The Morgan fingerprint density at radius 2 is 1.97 bits per heavy atom. The molecular formula is C21H26ClFN2O5. The molecule has 0 bridgehead atoms. The number of carbonyl (C=O) groups is 2. The Kier molecular flexibility index (Phi) is 12.6. The summed E-state index contributed by atoms with van der Waals surface area (Å²) in [5.41, 5.74) is 2.12. The van der Waals surface area contributed by atoms with Crippen molar-refractivity contribution in [3.63, 3.8) is 0 Å². The molecule has 3 N–H and O–H groups in total. The normalized spacial score (nSPS) is 12.7. The molecule has 1 unspecified atom stereocenters. The van der Waals surface area contributed by atoms with Crippen LogP contribution in [-0.2, 0) is 20.9 Å². The van der Waals surface area contributed by atoms with Crippen LogP contribution in [0.1, 0.15) is 18.4 Å². The number of methoxy groups -OCH3 is 1. The van der Waals surface area contributed by atoms with E-state index in [0.29, 0.717) is 6.54 Å². The second kappa shape index (κ2) is 15.1. The van der Waals surface area contributed by atoms with Gasteiger partial charge in [-0.3, -0.25) is 9.59 Å². The van der Waals surface area contributed by atoms with Crippen molar-refractivity contribution in [3.05, 3.63) is 65.7 Å². The van der Waals surface area contributed by atoms with E-state index < -0.39 is 12.0 Å². The number of amides is 2. The maximum Gasteiger partial charge on any atom is 0.257 e. The highest BCUT2D eigenvalue weighted by molar-refractivity contribution is 6.25. The van der Waals surface area contributed by atoms with Crippen molar-refractivity contribution in [2.24, 2.45) is 0 Å². The predicted octanol–water partition coefficient (Wildman–Crippen LogP) is 2.70. The fourth-order valence-corrected chi connectivity index (χ4v) is 2.33. The van der Waals surface area contributed by atoms with Crippen molar-refractivity contribution in [2.45, 2.75) is 25.5 Å². The molecule has 0 aliphatic rings. The van der Waals surface area contributed by atoms with Gasteiger partial charge in [-0.1, -0.05) is 23.7 Å². The zero-order valence-corrected chi connectivity index (χ0v) is 17.4. The van der Waals surface area contributed by atoms with Gasteiger partial charge in [-0.25, -0.2) is 4.39 Å². The number of ether oxygens (including phenoxy) is 2. The second-order valence-electron chi connectivity index (χ2n) is 6.09. The number of carbonyl (C=O) groups excluding carboxylic acids is 2. The van der Waals surface area contributed by atoms with E-state index in [1.165, 1.54) is 17.7 Å². The van der Waals surface area contributed by atoms with Crippen LogP contribution in [0.25, 0.3) is 0 Å². The average Bonchev–Trinajstić information content (AvgIpc) is 2.74. The number of aliphatic hydroxyl groups excluding tert-OH is 1. The number of allylic oxidation sites excluding steroid dienone is 3. The molecular weight excluding hydrogens is 415 g/mol. The molecule has 1 aromatic carbocycles. The molecule has 0 aliphatic carbocycles. The smallest absolute Gasteiger partial charge is 0.257 e. The van der Waals surface area contributed by atoms with E-state index in [2.05, 4.69) is 10.6 Å². The van der Waals surface area contributed by atoms with Crippen molar-refractivity contribution >= 4 is 23.4 Å². The van der Waals surface area contributed by atoms with Crippen LogP contribution in [0, 0.1) is 0 Å². The lowest BCUT2D eigenvalue weighted by atomic mass is 10.1. The van der Waals surface area contributed by atoms with Gasteiger partial charge in [0.2, 0.25) is 5.91 Å². The Labute approximate surface area is 180 Å². The van der Waals surface area contributed by atoms with Gasteiger partial charge in [-0.15, -0.1) is 0 Å². The number of hydrogen-bond donors (Lipinski definition) is 3. The molecule has 0 radical (unpaired) electrons. The lowest BCUT2D eigenvalue weighted by molar-refractivity contribution is -0.124. The zero-order chi connectivity index (χ0) is 22.2. The number of benzene rings is 1. The molecule has 1 atom stereocenters. The van der Waals surface area contributed by atoms with Gasteiger partial charge in [0.25, 0.3) is 5.91 Å². The maximum atomic E-state index is 12.2. The number of hydrogen-bond acceptors (Lipinski definition) is 5. The summed E-state index contributed by atoms with van der Waals surface area (Å²) in [6.45, 7) is 0.172. The average molecular weight is 441 g/mol. The van der Waals surface area contributed by atoms with Crippen LogP contribution in [0.5, 0.6) is 5.75 Å². The van der Waals surface area contributed by atoms with Gasteiger partial charge >= 0.3 is 0 Å². The Bertz CT molecular complexity index is 750. The lowest BCUT2D eigenvalue weighted by Crippen LogP contribution is -2.32. The number of rotatable bonds is 13. The van der Waals surface area contributed by atoms with Crippen molar-refractivity contribution in [1.82, 2.24) is 10.6 Å².